The van der Waals surface area contributed by atoms with E-state index in [0.717, 1.165) is 0 Å². The van der Waals surface area contributed by atoms with Crippen LogP contribution in [0.15, 0.2) is 59.6 Å². The van der Waals surface area contributed by atoms with E-state index in [1.54, 1.807) is 25.2 Å². The molecule has 0 aliphatic carbocycles. The molecule has 0 spiro atoms. The molecule has 3 rings (SSSR count). The van der Waals surface area contributed by atoms with Gasteiger partial charge in [-0.15, -0.1) is 0 Å². The molecule has 26 heavy (non-hydrogen) atoms. The van der Waals surface area contributed by atoms with E-state index < -0.39 is 10.0 Å². The van der Waals surface area contributed by atoms with Crippen molar-refractivity contribution in [3.8, 4) is 22.8 Å². The summed E-state index contributed by atoms with van der Waals surface area (Å²) < 4.78 is 40.5. The van der Waals surface area contributed by atoms with Crippen LogP contribution in [0.4, 0.5) is 5.69 Å². The van der Waals surface area contributed by atoms with Crippen LogP contribution in [0, 0.1) is 0 Å². The van der Waals surface area contributed by atoms with E-state index in [4.69, 9.17) is 9.47 Å². The number of ether oxygens (including phenoxy) is 2. The fourth-order valence-electron chi connectivity index (χ4n) is 2.55. The van der Waals surface area contributed by atoms with Gasteiger partial charge >= 0.3 is 0 Å². The Hall–Kier alpha value is -3.00. The van der Waals surface area contributed by atoms with Crippen LogP contribution in [0.3, 0.4) is 0 Å². The van der Waals surface area contributed by atoms with Crippen LogP contribution in [0.2, 0.25) is 0 Å². The number of anilines is 1. The number of nitrogens with one attached hydrogen (secondary N) is 1. The van der Waals surface area contributed by atoms with Crippen LogP contribution < -0.4 is 14.2 Å². The summed E-state index contributed by atoms with van der Waals surface area (Å²) in [5, 5.41) is 4.31. The molecule has 7 nitrogen and oxygen atoms in total. The van der Waals surface area contributed by atoms with Crippen molar-refractivity contribution in [1.29, 1.82) is 0 Å². The minimum Gasteiger partial charge on any atom is -0.497 e. The van der Waals surface area contributed by atoms with E-state index in [0.29, 0.717) is 22.8 Å². The Balaban J connectivity index is 2.05. The maximum Gasteiger partial charge on any atom is 0.265 e. The molecule has 136 valence electrons. The predicted octanol–water partition coefficient (Wildman–Crippen LogP) is 2.91. The van der Waals surface area contributed by atoms with Crippen molar-refractivity contribution >= 4 is 15.7 Å². The summed E-state index contributed by atoms with van der Waals surface area (Å²) in [7, 11) is 0.760. The second-order valence-corrected chi connectivity index (χ2v) is 7.20. The van der Waals surface area contributed by atoms with E-state index >= 15 is 0 Å². The molecule has 0 fully saturated rings. The summed E-state index contributed by atoms with van der Waals surface area (Å²) in [6, 6.07) is 14.0. The largest absolute Gasteiger partial charge is 0.497 e. The summed E-state index contributed by atoms with van der Waals surface area (Å²) in [6.45, 7) is 0. The summed E-state index contributed by atoms with van der Waals surface area (Å²) in [6.07, 6.45) is 1.47. The number of hydrogen-bond donors (Lipinski definition) is 1. The minimum absolute atomic E-state index is 0.0797. The molecule has 8 heteroatoms. The van der Waals surface area contributed by atoms with Gasteiger partial charge in [-0.2, -0.15) is 5.10 Å². The molecule has 0 aliphatic rings. The first kappa shape index (κ1) is 17.8. The highest BCUT2D eigenvalue weighted by Crippen LogP contribution is 2.33. The predicted molar refractivity (Wildman–Crippen MR) is 99.0 cm³/mol. The molecule has 0 atom stereocenters. The maximum absolute atomic E-state index is 13.0. The lowest BCUT2D eigenvalue weighted by Crippen LogP contribution is -2.14. The highest BCUT2D eigenvalue weighted by Gasteiger charge is 2.24. The van der Waals surface area contributed by atoms with Gasteiger partial charge in [-0.1, -0.05) is 30.3 Å². The van der Waals surface area contributed by atoms with Crippen molar-refractivity contribution in [3.63, 3.8) is 0 Å². The highest BCUT2D eigenvalue weighted by molar-refractivity contribution is 7.92. The molecule has 1 heterocycles. The number of hydrogen-bond acceptors (Lipinski definition) is 5. The Labute approximate surface area is 152 Å². The number of methoxy groups -OCH3 is 2. The standard InChI is InChI=1S/C18H19N3O4S/c1-21-12-17(18(19-21)13-7-5-4-6-8-13)26(22,23)20-15-11-14(24-2)9-10-16(15)25-3/h4-12,20H,1-3H3. The highest BCUT2D eigenvalue weighted by atomic mass is 32.2. The van der Waals surface area contributed by atoms with Crippen molar-refractivity contribution in [2.24, 2.45) is 7.05 Å². The monoisotopic (exact) mass is 373 g/mol. The van der Waals surface area contributed by atoms with Crippen LogP contribution in [0.1, 0.15) is 0 Å². The van der Waals surface area contributed by atoms with Gasteiger partial charge in [0.25, 0.3) is 10.0 Å². The summed E-state index contributed by atoms with van der Waals surface area (Å²) in [5.41, 5.74) is 1.38. The number of nitrogens with zero attached hydrogens (tertiary/aromatic N) is 2. The summed E-state index contributed by atoms with van der Waals surface area (Å²) >= 11 is 0. The maximum atomic E-state index is 13.0. The lowest BCUT2D eigenvalue weighted by Gasteiger charge is -2.13. The lowest BCUT2D eigenvalue weighted by atomic mass is 10.2. The van der Waals surface area contributed by atoms with E-state index in [2.05, 4.69) is 9.82 Å². The van der Waals surface area contributed by atoms with Crippen molar-refractivity contribution in [2.45, 2.75) is 4.90 Å². The zero-order valence-corrected chi connectivity index (χ0v) is 15.4. The SMILES string of the molecule is COc1ccc(OC)c(NS(=O)(=O)c2cn(C)nc2-c2ccccc2)c1. The molecule has 2 aromatic carbocycles. The quantitative estimate of drug-likeness (QED) is 0.718. The third-order valence-electron chi connectivity index (χ3n) is 3.78. The van der Waals surface area contributed by atoms with Crippen molar-refractivity contribution in [2.75, 3.05) is 18.9 Å². The molecule has 0 radical (unpaired) electrons. The number of aromatic nitrogens is 2. The van der Waals surface area contributed by atoms with E-state index in [-0.39, 0.29) is 10.6 Å². The molecule has 0 amide bonds. The smallest absolute Gasteiger partial charge is 0.265 e. The molecule has 1 N–H and O–H groups in total. The Morgan fingerprint density at radius 1 is 1.04 bits per heavy atom. The van der Waals surface area contributed by atoms with Crippen LogP contribution in [-0.2, 0) is 17.1 Å². The van der Waals surface area contributed by atoms with E-state index in [1.807, 2.05) is 30.3 Å². The van der Waals surface area contributed by atoms with Crippen LogP contribution in [0.5, 0.6) is 11.5 Å². The van der Waals surface area contributed by atoms with Gasteiger partial charge in [0, 0.05) is 24.9 Å². The fourth-order valence-corrected chi connectivity index (χ4v) is 3.82. The van der Waals surface area contributed by atoms with Crippen molar-refractivity contribution in [1.82, 2.24) is 9.78 Å². The van der Waals surface area contributed by atoms with Gasteiger partial charge in [0.05, 0.1) is 19.9 Å². The third-order valence-corrected chi connectivity index (χ3v) is 5.15. The molecule has 0 aliphatic heterocycles. The average molecular weight is 373 g/mol. The van der Waals surface area contributed by atoms with Crippen LogP contribution in [0.25, 0.3) is 11.3 Å². The first-order valence-electron chi connectivity index (χ1n) is 7.78. The molecule has 0 unspecified atom stereocenters. The van der Waals surface area contributed by atoms with Crippen LogP contribution >= 0.6 is 0 Å². The first-order valence-corrected chi connectivity index (χ1v) is 9.27. The first-order chi connectivity index (χ1) is 12.4. The van der Waals surface area contributed by atoms with Gasteiger partial charge in [0.1, 0.15) is 22.1 Å². The number of benzene rings is 2. The zero-order valence-electron chi connectivity index (χ0n) is 14.6. The Morgan fingerprint density at radius 3 is 2.42 bits per heavy atom. The second kappa shape index (κ2) is 7.09. The number of rotatable bonds is 6. The van der Waals surface area contributed by atoms with Gasteiger partial charge in [-0.25, -0.2) is 8.42 Å². The number of sulfonamides is 1. The minimum atomic E-state index is -3.90. The molecule has 1 aromatic heterocycles. The molecule has 0 saturated carbocycles. The lowest BCUT2D eigenvalue weighted by molar-refractivity contribution is 0.405. The van der Waals surface area contributed by atoms with Gasteiger partial charge in [-0.3, -0.25) is 9.40 Å². The Kier molecular flexibility index (Phi) is 4.85. The van der Waals surface area contributed by atoms with E-state index in [1.165, 1.54) is 25.1 Å². The zero-order chi connectivity index (χ0) is 18.7. The Bertz CT molecular complexity index is 1010. The average Bonchev–Trinajstić information content (AvgIpc) is 3.05. The van der Waals surface area contributed by atoms with E-state index in [9.17, 15) is 8.42 Å². The van der Waals surface area contributed by atoms with Gasteiger partial charge in [0.2, 0.25) is 0 Å². The van der Waals surface area contributed by atoms with Crippen molar-refractivity contribution in [3.05, 3.63) is 54.7 Å². The molecular formula is C18H19N3O4S. The van der Waals surface area contributed by atoms with Crippen LogP contribution in [-0.4, -0.2) is 32.4 Å². The van der Waals surface area contributed by atoms with Crippen molar-refractivity contribution < 1.29 is 17.9 Å². The fraction of sp³-hybridized carbons (Fsp3) is 0.167. The van der Waals surface area contributed by atoms with Gasteiger partial charge < -0.3 is 9.47 Å². The third kappa shape index (κ3) is 3.50. The molecular weight excluding hydrogens is 354 g/mol. The topological polar surface area (TPSA) is 82.5 Å². The van der Waals surface area contributed by atoms with Gasteiger partial charge in [0.15, 0.2) is 0 Å². The second-order valence-electron chi connectivity index (χ2n) is 5.55. The van der Waals surface area contributed by atoms with Gasteiger partial charge in [-0.05, 0) is 12.1 Å². The normalized spacial score (nSPS) is 11.2. The Morgan fingerprint density at radius 2 is 1.77 bits per heavy atom. The molecule has 3 aromatic rings. The summed E-state index contributed by atoms with van der Waals surface area (Å²) in [5.74, 6) is 0.900. The number of aryl methyl sites for hydroxylation is 1. The molecule has 0 bridgehead atoms. The summed E-state index contributed by atoms with van der Waals surface area (Å²) in [4.78, 5) is 0.0797. The molecule has 0 saturated heterocycles.